The fourth-order valence-corrected chi connectivity index (χ4v) is 2.49. The number of rotatable bonds is 3. The molecule has 0 radical (unpaired) electrons. The summed E-state index contributed by atoms with van der Waals surface area (Å²) in [4.78, 5) is 31.4. The van der Waals surface area contributed by atoms with Crippen LogP contribution in [0.3, 0.4) is 0 Å². The number of hydrogen-bond acceptors (Lipinski definition) is 3. The van der Waals surface area contributed by atoms with Gasteiger partial charge in [-0.05, 0) is 35.7 Å². The molecule has 0 saturated carbocycles. The SMILES string of the molecule is CC(C)c1ccccc1NC(=O)C(=O)Nc1ccc2nc[nH]c2c1. The van der Waals surface area contributed by atoms with E-state index in [0.29, 0.717) is 11.4 Å². The lowest BCUT2D eigenvalue weighted by Gasteiger charge is -2.13. The van der Waals surface area contributed by atoms with E-state index in [-0.39, 0.29) is 5.92 Å². The minimum absolute atomic E-state index is 0.243. The topological polar surface area (TPSA) is 86.9 Å². The quantitative estimate of drug-likeness (QED) is 0.647. The van der Waals surface area contributed by atoms with Gasteiger partial charge in [0.15, 0.2) is 0 Å². The molecule has 24 heavy (non-hydrogen) atoms. The molecule has 0 spiro atoms. The van der Waals surface area contributed by atoms with E-state index in [2.05, 4.69) is 20.6 Å². The number of aromatic amines is 1. The van der Waals surface area contributed by atoms with E-state index in [1.807, 2.05) is 32.0 Å². The number of hydrogen-bond donors (Lipinski definition) is 3. The van der Waals surface area contributed by atoms with Gasteiger partial charge in [-0.1, -0.05) is 32.0 Å². The molecule has 6 heteroatoms. The van der Waals surface area contributed by atoms with E-state index in [1.54, 1.807) is 30.6 Å². The van der Waals surface area contributed by atoms with Crippen molar-refractivity contribution in [2.75, 3.05) is 10.6 Å². The Labute approximate surface area is 139 Å². The summed E-state index contributed by atoms with van der Waals surface area (Å²) >= 11 is 0. The van der Waals surface area contributed by atoms with E-state index in [4.69, 9.17) is 0 Å². The van der Waals surface area contributed by atoms with Crippen molar-refractivity contribution in [2.45, 2.75) is 19.8 Å². The Kier molecular flexibility index (Phi) is 4.29. The predicted octanol–water partition coefficient (Wildman–Crippen LogP) is 3.26. The number of nitrogens with one attached hydrogen (secondary N) is 3. The van der Waals surface area contributed by atoms with Gasteiger partial charge in [0, 0.05) is 11.4 Å². The summed E-state index contributed by atoms with van der Waals surface area (Å²) in [5.41, 5.74) is 3.75. The summed E-state index contributed by atoms with van der Waals surface area (Å²) in [6, 6.07) is 12.7. The largest absolute Gasteiger partial charge is 0.345 e. The average Bonchev–Trinajstić information content (AvgIpc) is 3.02. The van der Waals surface area contributed by atoms with Gasteiger partial charge in [0.1, 0.15) is 0 Å². The van der Waals surface area contributed by atoms with Gasteiger partial charge in [-0.2, -0.15) is 0 Å². The minimum Gasteiger partial charge on any atom is -0.345 e. The first-order valence-corrected chi connectivity index (χ1v) is 7.69. The first-order chi connectivity index (χ1) is 11.5. The molecule has 1 aromatic heterocycles. The molecule has 0 fully saturated rings. The van der Waals surface area contributed by atoms with Gasteiger partial charge < -0.3 is 15.6 Å². The molecular weight excluding hydrogens is 304 g/mol. The molecule has 0 unspecified atom stereocenters. The van der Waals surface area contributed by atoms with E-state index >= 15 is 0 Å². The zero-order valence-electron chi connectivity index (χ0n) is 13.5. The maximum atomic E-state index is 12.2. The number of aromatic nitrogens is 2. The van der Waals surface area contributed by atoms with Crippen molar-refractivity contribution < 1.29 is 9.59 Å². The summed E-state index contributed by atoms with van der Waals surface area (Å²) < 4.78 is 0. The van der Waals surface area contributed by atoms with Crippen molar-refractivity contribution in [1.82, 2.24) is 9.97 Å². The number of anilines is 2. The number of para-hydroxylation sites is 1. The summed E-state index contributed by atoms with van der Waals surface area (Å²) in [5, 5.41) is 5.27. The second kappa shape index (κ2) is 6.54. The van der Waals surface area contributed by atoms with Crippen LogP contribution in [0.2, 0.25) is 0 Å². The molecule has 0 atom stereocenters. The van der Waals surface area contributed by atoms with Crippen LogP contribution in [-0.2, 0) is 9.59 Å². The number of carbonyl (C=O) groups excluding carboxylic acids is 2. The van der Waals surface area contributed by atoms with Crippen LogP contribution in [0, 0.1) is 0 Å². The van der Waals surface area contributed by atoms with Crippen molar-refractivity contribution in [3.8, 4) is 0 Å². The molecule has 3 N–H and O–H groups in total. The smallest absolute Gasteiger partial charge is 0.314 e. The molecule has 3 aromatic rings. The average molecular weight is 322 g/mol. The van der Waals surface area contributed by atoms with Gasteiger partial charge in [0.25, 0.3) is 0 Å². The zero-order chi connectivity index (χ0) is 17.1. The predicted molar refractivity (Wildman–Crippen MR) is 93.9 cm³/mol. The normalized spacial score (nSPS) is 10.8. The summed E-state index contributed by atoms with van der Waals surface area (Å²) in [6.07, 6.45) is 1.58. The monoisotopic (exact) mass is 322 g/mol. The highest BCUT2D eigenvalue weighted by Gasteiger charge is 2.16. The highest BCUT2D eigenvalue weighted by molar-refractivity contribution is 6.43. The lowest BCUT2D eigenvalue weighted by Crippen LogP contribution is -2.29. The van der Waals surface area contributed by atoms with Crippen molar-refractivity contribution in [3.63, 3.8) is 0 Å². The third kappa shape index (κ3) is 3.27. The molecule has 0 aliphatic heterocycles. The van der Waals surface area contributed by atoms with E-state index in [9.17, 15) is 9.59 Å². The van der Waals surface area contributed by atoms with E-state index in [0.717, 1.165) is 16.6 Å². The molecule has 0 aliphatic carbocycles. The van der Waals surface area contributed by atoms with Crippen LogP contribution in [0.1, 0.15) is 25.3 Å². The Balaban J connectivity index is 1.72. The van der Waals surface area contributed by atoms with Crippen LogP contribution < -0.4 is 10.6 Å². The molecule has 2 amide bonds. The van der Waals surface area contributed by atoms with Gasteiger partial charge in [-0.15, -0.1) is 0 Å². The highest BCUT2D eigenvalue weighted by atomic mass is 16.2. The van der Waals surface area contributed by atoms with Crippen LogP contribution in [0.15, 0.2) is 48.8 Å². The van der Waals surface area contributed by atoms with Crippen LogP contribution >= 0.6 is 0 Å². The molecule has 0 saturated heterocycles. The lowest BCUT2D eigenvalue weighted by atomic mass is 10.0. The molecule has 0 bridgehead atoms. The Morgan fingerprint density at radius 2 is 1.79 bits per heavy atom. The van der Waals surface area contributed by atoms with Crippen molar-refractivity contribution >= 4 is 34.2 Å². The van der Waals surface area contributed by atoms with Gasteiger partial charge in [0.05, 0.1) is 17.4 Å². The maximum absolute atomic E-state index is 12.2. The molecule has 122 valence electrons. The van der Waals surface area contributed by atoms with Crippen LogP contribution in [-0.4, -0.2) is 21.8 Å². The number of carbonyl (C=O) groups is 2. The van der Waals surface area contributed by atoms with Gasteiger partial charge in [-0.3, -0.25) is 9.59 Å². The van der Waals surface area contributed by atoms with Crippen LogP contribution in [0.5, 0.6) is 0 Å². The molecule has 0 aliphatic rings. The maximum Gasteiger partial charge on any atom is 0.314 e. The Bertz CT molecular complexity index is 899. The van der Waals surface area contributed by atoms with Crippen LogP contribution in [0.4, 0.5) is 11.4 Å². The minimum atomic E-state index is -0.715. The fraction of sp³-hybridized carbons (Fsp3) is 0.167. The molecule has 1 heterocycles. The number of fused-ring (bicyclic) bond motifs is 1. The standard InChI is InChI=1S/C18H18N4O2/c1-11(2)13-5-3-4-6-14(13)22-18(24)17(23)21-12-7-8-15-16(9-12)20-10-19-15/h3-11H,1-2H3,(H,19,20)(H,21,23)(H,22,24). The first kappa shape index (κ1) is 15.7. The van der Waals surface area contributed by atoms with E-state index in [1.165, 1.54) is 0 Å². The van der Waals surface area contributed by atoms with Crippen molar-refractivity contribution in [3.05, 3.63) is 54.4 Å². The number of imidazole rings is 1. The number of benzene rings is 2. The Hall–Kier alpha value is -3.15. The molecule has 6 nitrogen and oxygen atoms in total. The lowest BCUT2D eigenvalue weighted by molar-refractivity contribution is -0.133. The van der Waals surface area contributed by atoms with E-state index < -0.39 is 11.8 Å². The molecular formula is C18H18N4O2. The third-order valence-electron chi connectivity index (χ3n) is 3.72. The second-order valence-corrected chi connectivity index (χ2v) is 5.78. The van der Waals surface area contributed by atoms with Crippen molar-refractivity contribution in [2.24, 2.45) is 0 Å². The first-order valence-electron chi connectivity index (χ1n) is 7.69. The van der Waals surface area contributed by atoms with Crippen LogP contribution in [0.25, 0.3) is 11.0 Å². The van der Waals surface area contributed by atoms with Gasteiger partial charge in [-0.25, -0.2) is 4.98 Å². The number of H-pyrrole nitrogens is 1. The van der Waals surface area contributed by atoms with Gasteiger partial charge >= 0.3 is 11.8 Å². The molecule has 3 rings (SSSR count). The third-order valence-corrected chi connectivity index (χ3v) is 3.72. The Morgan fingerprint density at radius 3 is 2.58 bits per heavy atom. The fourth-order valence-electron chi connectivity index (χ4n) is 2.49. The number of amides is 2. The Morgan fingerprint density at radius 1 is 1.04 bits per heavy atom. The van der Waals surface area contributed by atoms with Crippen molar-refractivity contribution in [1.29, 1.82) is 0 Å². The molecule has 2 aromatic carbocycles. The number of nitrogens with zero attached hydrogens (tertiary/aromatic N) is 1. The summed E-state index contributed by atoms with van der Waals surface area (Å²) in [7, 11) is 0. The summed E-state index contributed by atoms with van der Waals surface area (Å²) in [5.74, 6) is -1.17. The highest BCUT2D eigenvalue weighted by Crippen LogP contribution is 2.23. The second-order valence-electron chi connectivity index (χ2n) is 5.78. The zero-order valence-corrected chi connectivity index (χ0v) is 13.5. The summed E-state index contributed by atoms with van der Waals surface area (Å²) in [6.45, 7) is 4.06. The van der Waals surface area contributed by atoms with Gasteiger partial charge in [0.2, 0.25) is 0 Å².